The average molecular weight is 617 g/mol. The van der Waals surface area contributed by atoms with Crippen LogP contribution in [0.5, 0.6) is 11.5 Å². The fourth-order valence-corrected chi connectivity index (χ4v) is 5.94. The molecule has 11 nitrogen and oxygen atoms in total. The van der Waals surface area contributed by atoms with Crippen LogP contribution in [-0.2, 0) is 19.6 Å². The van der Waals surface area contributed by atoms with Crippen LogP contribution in [0.25, 0.3) is 22.2 Å². The maximum atomic E-state index is 13.2. The fourth-order valence-electron chi connectivity index (χ4n) is 4.81. The number of ether oxygens (including phenoxy) is 3. The molecule has 1 aromatic heterocycles. The molecule has 0 radical (unpaired) electrons. The number of fused-ring (bicyclic) bond motifs is 1. The molecule has 1 aliphatic heterocycles. The number of benzene rings is 3. The van der Waals surface area contributed by atoms with Crippen molar-refractivity contribution in [1.82, 2.24) is 9.71 Å². The molecule has 2 N–H and O–H groups in total. The minimum Gasteiger partial charge on any atom is -0.493 e. The number of sulfonamides is 1. The first kappa shape index (κ1) is 30.5. The first-order chi connectivity index (χ1) is 21.3. The number of para-hydroxylation sites is 1. The monoisotopic (exact) mass is 616 g/mol. The Morgan fingerprint density at radius 3 is 2.52 bits per heavy atom. The van der Waals surface area contributed by atoms with Crippen LogP contribution in [0.4, 0.5) is 5.69 Å². The number of anilines is 1. The van der Waals surface area contributed by atoms with E-state index in [4.69, 9.17) is 19.2 Å². The van der Waals surface area contributed by atoms with Crippen molar-refractivity contribution >= 4 is 44.3 Å². The summed E-state index contributed by atoms with van der Waals surface area (Å²) in [5, 5.41) is 3.16. The van der Waals surface area contributed by atoms with Crippen molar-refractivity contribution in [1.29, 1.82) is 0 Å². The molecule has 12 heteroatoms. The molecule has 2 heterocycles. The maximum absolute atomic E-state index is 13.2. The first-order valence-electron chi connectivity index (χ1n) is 14.0. The third kappa shape index (κ3) is 7.14. The Bertz CT molecular complexity index is 1840. The molecule has 44 heavy (non-hydrogen) atoms. The number of carbonyl (C=O) groups is 2. The number of esters is 1. The van der Waals surface area contributed by atoms with Crippen LogP contribution in [0, 0.1) is 0 Å². The number of amides is 1. The second-order valence-corrected chi connectivity index (χ2v) is 11.7. The summed E-state index contributed by atoms with van der Waals surface area (Å²) in [5.41, 5.74) is 2.23. The van der Waals surface area contributed by atoms with Crippen LogP contribution in [0.2, 0.25) is 0 Å². The summed E-state index contributed by atoms with van der Waals surface area (Å²) in [6.45, 7) is -0.00723. The van der Waals surface area contributed by atoms with Gasteiger partial charge in [-0.25, -0.2) is 18.2 Å². The molecule has 228 valence electrons. The van der Waals surface area contributed by atoms with Gasteiger partial charge in [0.05, 0.1) is 35.9 Å². The van der Waals surface area contributed by atoms with Gasteiger partial charge in [0, 0.05) is 29.6 Å². The number of nitrogens with zero attached hydrogens (tertiary/aromatic N) is 2. The Morgan fingerprint density at radius 2 is 1.70 bits per heavy atom. The second kappa shape index (κ2) is 13.6. The van der Waals surface area contributed by atoms with E-state index in [0.29, 0.717) is 52.5 Å². The summed E-state index contributed by atoms with van der Waals surface area (Å²) < 4.78 is 44.5. The number of pyridine rings is 1. The van der Waals surface area contributed by atoms with E-state index in [0.717, 1.165) is 19.3 Å². The highest BCUT2D eigenvalue weighted by atomic mass is 32.2. The van der Waals surface area contributed by atoms with Gasteiger partial charge in [-0.1, -0.05) is 30.7 Å². The van der Waals surface area contributed by atoms with Crippen LogP contribution >= 0.6 is 0 Å². The summed E-state index contributed by atoms with van der Waals surface area (Å²) in [7, 11) is -0.817. The van der Waals surface area contributed by atoms with Gasteiger partial charge in [-0.15, -0.1) is 0 Å². The van der Waals surface area contributed by atoms with Crippen molar-refractivity contribution in [3.8, 4) is 22.8 Å². The molecule has 5 rings (SSSR count). The number of carbonyl (C=O) groups excluding carboxylic acids is 2. The molecule has 0 aliphatic carbocycles. The minimum atomic E-state index is -3.89. The third-order valence-corrected chi connectivity index (χ3v) is 8.38. The SMILES string of the molecule is COc1ccc(-c2cc(C(=O)OCC(=O)Nc3cccc(S(=O)(=O)NC4=NCCCCC4)c3)c3ccccc3n2)cc1OC. The van der Waals surface area contributed by atoms with Crippen molar-refractivity contribution < 1.29 is 32.2 Å². The van der Waals surface area contributed by atoms with Gasteiger partial charge in [0.1, 0.15) is 5.84 Å². The summed E-state index contributed by atoms with van der Waals surface area (Å²) in [6.07, 6.45) is 3.34. The summed E-state index contributed by atoms with van der Waals surface area (Å²) in [5.74, 6) is 0.141. The number of hydrogen-bond donors (Lipinski definition) is 2. The van der Waals surface area contributed by atoms with Crippen LogP contribution in [-0.4, -0.2) is 58.5 Å². The van der Waals surface area contributed by atoms with Gasteiger partial charge in [-0.2, -0.15) is 0 Å². The normalized spacial score (nSPS) is 13.4. The highest BCUT2D eigenvalue weighted by Gasteiger charge is 2.20. The van der Waals surface area contributed by atoms with Crippen molar-refractivity contribution in [3.63, 3.8) is 0 Å². The van der Waals surface area contributed by atoms with E-state index in [1.807, 2.05) is 6.07 Å². The number of aromatic nitrogens is 1. The predicted molar refractivity (Wildman–Crippen MR) is 167 cm³/mol. The Hall–Kier alpha value is -4.97. The second-order valence-electron chi connectivity index (χ2n) is 10.0. The fraction of sp³-hybridized carbons (Fsp3) is 0.250. The predicted octanol–water partition coefficient (Wildman–Crippen LogP) is 4.97. The Kier molecular flexibility index (Phi) is 9.39. The van der Waals surface area contributed by atoms with E-state index in [2.05, 4.69) is 15.0 Å². The number of rotatable bonds is 9. The maximum Gasteiger partial charge on any atom is 0.339 e. The molecule has 0 spiro atoms. The van der Waals surface area contributed by atoms with Crippen molar-refractivity contribution in [2.45, 2.75) is 30.6 Å². The lowest BCUT2D eigenvalue weighted by Gasteiger charge is -2.13. The molecule has 1 aliphatic rings. The van der Waals surface area contributed by atoms with Crippen LogP contribution < -0.4 is 19.5 Å². The highest BCUT2D eigenvalue weighted by Crippen LogP contribution is 2.33. The lowest BCUT2D eigenvalue weighted by atomic mass is 10.0. The summed E-state index contributed by atoms with van der Waals surface area (Å²) >= 11 is 0. The Morgan fingerprint density at radius 1 is 0.886 bits per heavy atom. The highest BCUT2D eigenvalue weighted by molar-refractivity contribution is 7.90. The zero-order chi connectivity index (χ0) is 31.1. The number of methoxy groups -OCH3 is 2. The zero-order valence-corrected chi connectivity index (χ0v) is 25.1. The first-order valence-corrected chi connectivity index (χ1v) is 15.5. The molecule has 0 unspecified atom stereocenters. The van der Waals surface area contributed by atoms with Crippen molar-refractivity contribution in [3.05, 3.63) is 78.4 Å². The molecule has 0 saturated carbocycles. The topological polar surface area (TPSA) is 145 Å². The van der Waals surface area contributed by atoms with Crippen molar-refractivity contribution in [2.75, 3.05) is 32.7 Å². The molecule has 0 bridgehead atoms. The largest absolute Gasteiger partial charge is 0.493 e. The molecular weight excluding hydrogens is 584 g/mol. The standard InChI is InChI=1S/C32H32N4O7S/c1-41-28-15-14-21(17-29(28)42-2)27-19-25(24-11-5-6-12-26(24)35-27)32(38)43-20-31(37)34-22-9-8-10-23(18-22)44(39,40)36-30-13-4-3-7-16-33-30/h5-6,8-12,14-15,17-19H,3-4,7,13,16,20H2,1-2H3,(H,33,36)(H,34,37). The lowest BCUT2D eigenvalue weighted by Crippen LogP contribution is -2.30. The van der Waals surface area contributed by atoms with Gasteiger partial charge in [0.15, 0.2) is 18.1 Å². The molecular formula is C32H32N4O7S. The van der Waals surface area contributed by atoms with Crippen LogP contribution in [0.3, 0.4) is 0 Å². The van der Waals surface area contributed by atoms with E-state index in [9.17, 15) is 18.0 Å². The Labute approximate surface area is 255 Å². The number of amidine groups is 1. The van der Waals surface area contributed by atoms with Crippen LogP contribution in [0.15, 0.2) is 82.7 Å². The minimum absolute atomic E-state index is 0.0230. The molecule has 3 aromatic carbocycles. The summed E-state index contributed by atoms with van der Waals surface area (Å²) in [6, 6.07) is 19.9. The molecule has 0 atom stereocenters. The third-order valence-electron chi connectivity index (χ3n) is 7.00. The molecule has 0 fully saturated rings. The van der Waals surface area contributed by atoms with Gasteiger partial charge in [-0.3, -0.25) is 14.5 Å². The van der Waals surface area contributed by atoms with E-state index >= 15 is 0 Å². The van der Waals surface area contributed by atoms with Gasteiger partial charge >= 0.3 is 5.97 Å². The van der Waals surface area contributed by atoms with E-state index < -0.39 is 28.5 Å². The lowest BCUT2D eigenvalue weighted by molar-refractivity contribution is -0.119. The van der Waals surface area contributed by atoms with Gasteiger partial charge < -0.3 is 19.5 Å². The van der Waals surface area contributed by atoms with E-state index in [1.165, 1.54) is 25.3 Å². The van der Waals surface area contributed by atoms with Gasteiger partial charge in [0.25, 0.3) is 15.9 Å². The van der Waals surface area contributed by atoms with Gasteiger partial charge in [0.2, 0.25) is 0 Å². The van der Waals surface area contributed by atoms with E-state index in [1.54, 1.807) is 55.6 Å². The Balaban J connectivity index is 1.29. The van der Waals surface area contributed by atoms with E-state index in [-0.39, 0.29) is 16.1 Å². The number of aliphatic imine (C=N–C) groups is 1. The average Bonchev–Trinajstić information content (AvgIpc) is 3.31. The van der Waals surface area contributed by atoms with Crippen LogP contribution in [0.1, 0.15) is 36.0 Å². The molecule has 1 amide bonds. The summed E-state index contributed by atoms with van der Waals surface area (Å²) in [4.78, 5) is 35.0. The molecule has 0 saturated heterocycles. The number of nitrogens with one attached hydrogen (secondary N) is 2. The smallest absolute Gasteiger partial charge is 0.339 e. The number of hydrogen-bond acceptors (Lipinski definition) is 9. The van der Waals surface area contributed by atoms with Gasteiger partial charge in [-0.05, 0) is 61.4 Å². The zero-order valence-electron chi connectivity index (χ0n) is 24.3. The molecule has 4 aromatic rings. The quantitative estimate of drug-likeness (QED) is 0.251. The van der Waals surface area contributed by atoms with Crippen molar-refractivity contribution in [2.24, 2.45) is 4.99 Å².